The molecule has 2 aromatic rings. The third-order valence-electron chi connectivity index (χ3n) is 2.21. The first-order valence-electron chi connectivity index (χ1n) is 4.74. The zero-order valence-electron chi connectivity index (χ0n) is 8.73. The van der Waals surface area contributed by atoms with Gasteiger partial charge < -0.3 is 0 Å². The van der Waals surface area contributed by atoms with Crippen LogP contribution >= 0.6 is 11.3 Å². The molecule has 0 saturated carbocycles. The normalized spacial score (nSPS) is 10.5. The standard InChI is InChI=1S/C11H12N2OS/c1-8-6-10(9(2)15-8)11(14)7-13-5-3-4-12-13/h3-6H,7H2,1-2H3. The van der Waals surface area contributed by atoms with E-state index in [4.69, 9.17) is 0 Å². The predicted molar refractivity (Wildman–Crippen MR) is 60.4 cm³/mol. The van der Waals surface area contributed by atoms with E-state index in [0.717, 1.165) is 10.4 Å². The Morgan fingerprint density at radius 2 is 2.33 bits per heavy atom. The molecule has 2 heterocycles. The summed E-state index contributed by atoms with van der Waals surface area (Å²) in [6, 6.07) is 3.77. The van der Waals surface area contributed by atoms with Gasteiger partial charge in [-0.05, 0) is 26.0 Å². The van der Waals surface area contributed by atoms with Gasteiger partial charge in [-0.2, -0.15) is 5.10 Å². The molecule has 0 spiro atoms. The second-order valence-corrected chi connectivity index (χ2v) is 4.91. The number of hydrogen-bond donors (Lipinski definition) is 0. The van der Waals surface area contributed by atoms with Crippen LogP contribution in [0.1, 0.15) is 20.1 Å². The summed E-state index contributed by atoms with van der Waals surface area (Å²) in [4.78, 5) is 14.2. The van der Waals surface area contributed by atoms with E-state index in [1.54, 1.807) is 28.4 Å². The SMILES string of the molecule is Cc1cc(C(=O)Cn2cccn2)c(C)s1. The van der Waals surface area contributed by atoms with Crippen molar-refractivity contribution in [1.82, 2.24) is 9.78 Å². The lowest BCUT2D eigenvalue weighted by Crippen LogP contribution is -2.10. The van der Waals surface area contributed by atoms with Gasteiger partial charge in [-0.1, -0.05) is 0 Å². The fraction of sp³-hybridized carbons (Fsp3) is 0.273. The molecule has 3 nitrogen and oxygen atoms in total. The summed E-state index contributed by atoms with van der Waals surface area (Å²) < 4.78 is 1.65. The van der Waals surface area contributed by atoms with Crippen LogP contribution in [0.25, 0.3) is 0 Å². The number of carbonyl (C=O) groups is 1. The van der Waals surface area contributed by atoms with Gasteiger partial charge in [0, 0.05) is 27.7 Å². The molecule has 78 valence electrons. The van der Waals surface area contributed by atoms with Crippen molar-refractivity contribution in [2.75, 3.05) is 0 Å². The molecule has 0 atom stereocenters. The van der Waals surface area contributed by atoms with Gasteiger partial charge >= 0.3 is 0 Å². The van der Waals surface area contributed by atoms with Crippen LogP contribution in [0.3, 0.4) is 0 Å². The van der Waals surface area contributed by atoms with Crippen LogP contribution in [0.4, 0.5) is 0 Å². The summed E-state index contributed by atoms with van der Waals surface area (Å²) in [5.74, 6) is 0.126. The average molecular weight is 220 g/mol. The fourth-order valence-electron chi connectivity index (χ4n) is 1.53. The zero-order valence-corrected chi connectivity index (χ0v) is 9.54. The first kappa shape index (κ1) is 10.1. The average Bonchev–Trinajstić information content (AvgIpc) is 2.75. The number of aryl methyl sites for hydroxylation is 2. The second-order valence-electron chi connectivity index (χ2n) is 3.45. The number of Topliss-reactive ketones (excluding diaryl/α,β-unsaturated/α-hetero) is 1. The van der Waals surface area contributed by atoms with E-state index in [1.165, 1.54) is 4.88 Å². The first-order valence-corrected chi connectivity index (χ1v) is 5.56. The molecule has 0 aliphatic rings. The minimum atomic E-state index is 0.126. The maximum Gasteiger partial charge on any atom is 0.185 e. The molecule has 0 amide bonds. The lowest BCUT2D eigenvalue weighted by molar-refractivity contribution is 0.0967. The summed E-state index contributed by atoms with van der Waals surface area (Å²) in [6.07, 6.45) is 3.48. The quantitative estimate of drug-likeness (QED) is 0.745. The van der Waals surface area contributed by atoms with Crippen LogP contribution in [-0.2, 0) is 6.54 Å². The third kappa shape index (κ3) is 2.15. The summed E-state index contributed by atoms with van der Waals surface area (Å²) in [7, 11) is 0. The third-order valence-corrected chi connectivity index (χ3v) is 3.17. The van der Waals surface area contributed by atoms with Crippen LogP contribution in [0.5, 0.6) is 0 Å². The van der Waals surface area contributed by atoms with Crippen molar-refractivity contribution in [2.45, 2.75) is 20.4 Å². The Bertz CT molecular complexity index is 471. The Kier molecular flexibility index (Phi) is 2.68. The smallest absolute Gasteiger partial charge is 0.185 e. The van der Waals surface area contributed by atoms with Gasteiger partial charge in [-0.3, -0.25) is 9.48 Å². The summed E-state index contributed by atoms with van der Waals surface area (Å²) in [5, 5.41) is 4.02. The van der Waals surface area contributed by atoms with E-state index < -0.39 is 0 Å². The monoisotopic (exact) mass is 220 g/mol. The first-order chi connectivity index (χ1) is 7.16. The Balaban J connectivity index is 2.18. The predicted octanol–water partition coefficient (Wildman–Crippen LogP) is 2.44. The Hall–Kier alpha value is -1.42. The molecule has 0 unspecified atom stereocenters. The molecule has 2 rings (SSSR count). The van der Waals surface area contributed by atoms with Crippen LogP contribution in [0.15, 0.2) is 24.5 Å². The van der Waals surface area contributed by atoms with E-state index in [0.29, 0.717) is 6.54 Å². The molecule has 0 aromatic carbocycles. The molecule has 4 heteroatoms. The molecule has 2 aromatic heterocycles. The lowest BCUT2D eigenvalue weighted by atomic mass is 10.1. The minimum Gasteiger partial charge on any atom is -0.292 e. The number of thiophene rings is 1. The largest absolute Gasteiger partial charge is 0.292 e. The van der Waals surface area contributed by atoms with Gasteiger partial charge in [0.25, 0.3) is 0 Å². The van der Waals surface area contributed by atoms with Crippen molar-refractivity contribution in [1.29, 1.82) is 0 Å². The molecule has 0 bridgehead atoms. The number of ketones is 1. The van der Waals surface area contributed by atoms with Gasteiger partial charge in [0.15, 0.2) is 5.78 Å². The lowest BCUT2D eigenvalue weighted by Gasteiger charge is -1.99. The highest BCUT2D eigenvalue weighted by Gasteiger charge is 2.12. The van der Waals surface area contributed by atoms with Crippen molar-refractivity contribution in [3.8, 4) is 0 Å². The van der Waals surface area contributed by atoms with Crippen molar-refractivity contribution in [2.24, 2.45) is 0 Å². The molecule has 0 fully saturated rings. The minimum absolute atomic E-state index is 0.126. The maximum absolute atomic E-state index is 11.9. The van der Waals surface area contributed by atoms with Crippen LogP contribution < -0.4 is 0 Å². The maximum atomic E-state index is 11.9. The summed E-state index contributed by atoms with van der Waals surface area (Å²) >= 11 is 1.66. The molecule has 0 saturated heterocycles. The van der Waals surface area contributed by atoms with Crippen LogP contribution in [0, 0.1) is 13.8 Å². The highest BCUT2D eigenvalue weighted by Crippen LogP contribution is 2.21. The van der Waals surface area contributed by atoms with Gasteiger partial charge in [0.2, 0.25) is 0 Å². The number of carbonyl (C=O) groups excluding carboxylic acids is 1. The molecular weight excluding hydrogens is 208 g/mol. The Labute approximate surface area is 92.4 Å². The zero-order chi connectivity index (χ0) is 10.8. The summed E-state index contributed by atoms with van der Waals surface area (Å²) in [5.41, 5.74) is 0.827. The number of aromatic nitrogens is 2. The van der Waals surface area contributed by atoms with E-state index >= 15 is 0 Å². The molecular formula is C11H12N2OS. The van der Waals surface area contributed by atoms with Crippen LogP contribution in [0.2, 0.25) is 0 Å². The van der Waals surface area contributed by atoms with Crippen molar-refractivity contribution in [3.63, 3.8) is 0 Å². The van der Waals surface area contributed by atoms with Crippen molar-refractivity contribution < 1.29 is 4.79 Å². The van der Waals surface area contributed by atoms with Gasteiger partial charge in [-0.25, -0.2) is 0 Å². The van der Waals surface area contributed by atoms with E-state index in [2.05, 4.69) is 5.10 Å². The van der Waals surface area contributed by atoms with Crippen molar-refractivity contribution >= 4 is 17.1 Å². The Morgan fingerprint density at radius 3 is 2.87 bits per heavy atom. The molecule has 0 aliphatic carbocycles. The number of hydrogen-bond acceptors (Lipinski definition) is 3. The summed E-state index contributed by atoms with van der Waals surface area (Å²) in [6.45, 7) is 4.32. The topological polar surface area (TPSA) is 34.9 Å². The van der Waals surface area contributed by atoms with Gasteiger partial charge in [-0.15, -0.1) is 11.3 Å². The van der Waals surface area contributed by atoms with Gasteiger partial charge in [0.05, 0.1) is 0 Å². The fourth-order valence-corrected chi connectivity index (χ4v) is 2.48. The number of rotatable bonds is 3. The molecule has 0 radical (unpaired) electrons. The van der Waals surface area contributed by atoms with Crippen LogP contribution in [-0.4, -0.2) is 15.6 Å². The molecule has 0 aliphatic heterocycles. The van der Waals surface area contributed by atoms with Gasteiger partial charge in [0.1, 0.15) is 6.54 Å². The van der Waals surface area contributed by atoms with E-state index in [1.807, 2.05) is 26.0 Å². The molecule has 15 heavy (non-hydrogen) atoms. The Morgan fingerprint density at radius 1 is 1.53 bits per heavy atom. The second kappa shape index (κ2) is 3.98. The number of nitrogens with zero attached hydrogens (tertiary/aromatic N) is 2. The highest BCUT2D eigenvalue weighted by atomic mass is 32.1. The molecule has 0 N–H and O–H groups in total. The van der Waals surface area contributed by atoms with E-state index in [9.17, 15) is 4.79 Å². The van der Waals surface area contributed by atoms with Crippen molar-refractivity contribution in [3.05, 3.63) is 39.8 Å². The van der Waals surface area contributed by atoms with E-state index in [-0.39, 0.29) is 5.78 Å². The highest BCUT2D eigenvalue weighted by molar-refractivity contribution is 7.12.